The van der Waals surface area contributed by atoms with Gasteiger partial charge in [-0.1, -0.05) is 6.92 Å². The smallest absolute Gasteiger partial charge is 0.339 e. The number of hydrogen-bond donors (Lipinski definition) is 2. The summed E-state index contributed by atoms with van der Waals surface area (Å²) in [6, 6.07) is 2.77. The number of nitrogen functional groups attached to an aromatic ring is 1. The summed E-state index contributed by atoms with van der Waals surface area (Å²) in [7, 11) is 1.55. The average Bonchev–Trinajstić information content (AvgIpc) is 2.43. The number of benzene rings is 1. The van der Waals surface area contributed by atoms with Crippen LogP contribution in [0.25, 0.3) is 0 Å². The van der Waals surface area contributed by atoms with Crippen LogP contribution >= 0.6 is 0 Å². The van der Waals surface area contributed by atoms with Crippen molar-refractivity contribution in [2.24, 2.45) is 5.84 Å². The lowest BCUT2D eigenvalue weighted by Gasteiger charge is -2.25. The summed E-state index contributed by atoms with van der Waals surface area (Å²) < 4.78 is 38.1. The number of carbonyl (C=O) groups is 1. The van der Waals surface area contributed by atoms with Crippen molar-refractivity contribution >= 4 is 11.6 Å². The molecule has 0 saturated heterocycles. The van der Waals surface area contributed by atoms with Gasteiger partial charge in [0.2, 0.25) is 0 Å². The number of carbonyl (C=O) groups excluding carboxylic acids is 1. The van der Waals surface area contributed by atoms with E-state index in [1.54, 1.807) is 7.05 Å². The first kappa shape index (κ1) is 16.3. The molecule has 0 radical (unpaired) electrons. The average molecular weight is 289 g/mol. The Morgan fingerprint density at radius 1 is 1.45 bits per heavy atom. The summed E-state index contributed by atoms with van der Waals surface area (Å²) in [4.78, 5) is 13.7. The van der Waals surface area contributed by atoms with Crippen molar-refractivity contribution < 1.29 is 18.0 Å². The molecule has 0 fully saturated rings. The second-order valence-corrected chi connectivity index (χ2v) is 4.58. The molecule has 0 saturated carbocycles. The van der Waals surface area contributed by atoms with Crippen LogP contribution in [0, 0.1) is 0 Å². The van der Waals surface area contributed by atoms with Crippen LogP contribution in [0.15, 0.2) is 18.2 Å². The van der Waals surface area contributed by atoms with E-state index in [-0.39, 0.29) is 17.3 Å². The number of halogens is 3. The van der Waals surface area contributed by atoms with Gasteiger partial charge in [0, 0.05) is 13.1 Å². The maximum atomic E-state index is 12.7. The Kier molecular flexibility index (Phi) is 4.99. The van der Waals surface area contributed by atoms with Crippen LogP contribution in [-0.4, -0.2) is 23.9 Å². The molecular formula is C13H18F3N3O. The maximum Gasteiger partial charge on any atom is 0.416 e. The second kappa shape index (κ2) is 6.13. The minimum atomic E-state index is -4.50. The zero-order valence-corrected chi connectivity index (χ0v) is 11.6. The highest BCUT2D eigenvalue weighted by atomic mass is 19.4. The number of anilines is 1. The standard InChI is InChI=1S/C13H18F3N3O/c1-4-8(2)19(3)12(20)10-7-9(13(14,15)16)5-6-11(10)18-17/h5-8,18H,4,17H2,1-3H3. The Bertz CT molecular complexity index is 488. The van der Waals surface area contributed by atoms with Gasteiger partial charge in [-0.2, -0.15) is 13.2 Å². The fourth-order valence-electron chi connectivity index (χ4n) is 1.69. The van der Waals surface area contributed by atoms with Crippen LogP contribution in [0.2, 0.25) is 0 Å². The topological polar surface area (TPSA) is 58.4 Å². The third-order valence-electron chi connectivity index (χ3n) is 3.31. The first-order valence-electron chi connectivity index (χ1n) is 6.17. The van der Waals surface area contributed by atoms with Gasteiger partial charge in [-0.15, -0.1) is 0 Å². The molecule has 112 valence electrons. The lowest BCUT2D eigenvalue weighted by molar-refractivity contribution is -0.137. The van der Waals surface area contributed by atoms with Crippen molar-refractivity contribution in [1.82, 2.24) is 4.90 Å². The number of nitrogens with one attached hydrogen (secondary N) is 1. The van der Waals surface area contributed by atoms with E-state index in [0.717, 1.165) is 18.2 Å². The fraction of sp³-hybridized carbons (Fsp3) is 0.462. The molecule has 0 bridgehead atoms. The van der Waals surface area contributed by atoms with Crippen molar-refractivity contribution in [1.29, 1.82) is 0 Å². The van der Waals surface area contributed by atoms with E-state index in [1.165, 1.54) is 4.90 Å². The molecule has 1 rings (SSSR count). The molecule has 0 aromatic heterocycles. The Morgan fingerprint density at radius 2 is 2.05 bits per heavy atom. The van der Waals surface area contributed by atoms with Crippen LogP contribution in [0.3, 0.4) is 0 Å². The molecule has 4 nitrogen and oxygen atoms in total. The number of amides is 1. The van der Waals surface area contributed by atoms with E-state index in [9.17, 15) is 18.0 Å². The number of alkyl halides is 3. The molecule has 20 heavy (non-hydrogen) atoms. The summed E-state index contributed by atoms with van der Waals surface area (Å²) in [6.45, 7) is 3.71. The predicted molar refractivity (Wildman–Crippen MR) is 71.1 cm³/mol. The molecule has 0 aliphatic rings. The summed E-state index contributed by atoms with van der Waals surface area (Å²) in [5.41, 5.74) is 1.45. The predicted octanol–water partition coefficient (Wildman–Crippen LogP) is 2.86. The quantitative estimate of drug-likeness (QED) is 0.662. The molecule has 1 unspecified atom stereocenters. The highest BCUT2D eigenvalue weighted by molar-refractivity contribution is 5.99. The largest absolute Gasteiger partial charge is 0.416 e. The van der Waals surface area contributed by atoms with E-state index in [0.29, 0.717) is 6.42 Å². The van der Waals surface area contributed by atoms with Crippen molar-refractivity contribution in [3.05, 3.63) is 29.3 Å². The number of rotatable bonds is 4. The third kappa shape index (κ3) is 3.41. The van der Waals surface area contributed by atoms with Crippen LogP contribution < -0.4 is 11.3 Å². The first-order chi connectivity index (χ1) is 9.22. The van der Waals surface area contributed by atoms with E-state index in [2.05, 4.69) is 5.43 Å². The molecule has 0 aliphatic heterocycles. The molecule has 1 aromatic carbocycles. The van der Waals surface area contributed by atoms with Gasteiger partial charge >= 0.3 is 6.18 Å². The van der Waals surface area contributed by atoms with Crippen LogP contribution in [0.5, 0.6) is 0 Å². The SMILES string of the molecule is CCC(C)N(C)C(=O)c1cc(C(F)(F)F)ccc1NN. The minimum absolute atomic E-state index is 0.0809. The summed E-state index contributed by atoms with van der Waals surface area (Å²) in [5.74, 6) is 4.75. The van der Waals surface area contributed by atoms with Gasteiger partial charge in [-0.3, -0.25) is 10.6 Å². The van der Waals surface area contributed by atoms with E-state index >= 15 is 0 Å². The first-order valence-corrected chi connectivity index (χ1v) is 6.17. The Morgan fingerprint density at radius 3 is 2.50 bits per heavy atom. The molecule has 1 amide bonds. The summed E-state index contributed by atoms with van der Waals surface area (Å²) in [6.07, 6.45) is -3.80. The Hall–Kier alpha value is -1.76. The number of hydrogen-bond acceptors (Lipinski definition) is 3. The maximum absolute atomic E-state index is 12.7. The molecule has 0 aliphatic carbocycles. The number of hydrazine groups is 1. The lowest BCUT2D eigenvalue weighted by Crippen LogP contribution is -2.35. The van der Waals surface area contributed by atoms with Crippen molar-refractivity contribution in [3.8, 4) is 0 Å². The molecule has 3 N–H and O–H groups in total. The highest BCUT2D eigenvalue weighted by Gasteiger charge is 2.32. The van der Waals surface area contributed by atoms with Gasteiger partial charge in [-0.05, 0) is 31.5 Å². The van der Waals surface area contributed by atoms with Crippen molar-refractivity contribution in [2.75, 3.05) is 12.5 Å². The molecular weight excluding hydrogens is 271 g/mol. The molecule has 7 heteroatoms. The summed E-state index contributed by atoms with van der Waals surface area (Å²) >= 11 is 0. The van der Waals surface area contributed by atoms with Gasteiger partial charge < -0.3 is 10.3 Å². The molecule has 1 atom stereocenters. The van der Waals surface area contributed by atoms with Crippen LogP contribution in [-0.2, 0) is 6.18 Å². The zero-order valence-electron chi connectivity index (χ0n) is 11.6. The highest BCUT2D eigenvalue weighted by Crippen LogP contribution is 2.32. The minimum Gasteiger partial charge on any atom is -0.339 e. The lowest BCUT2D eigenvalue weighted by atomic mass is 10.1. The van der Waals surface area contributed by atoms with E-state index in [1.807, 2.05) is 13.8 Å². The zero-order chi connectivity index (χ0) is 15.5. The van der Waals surface area contributed by atoms with Crippen LogP contribution in [0.4, 0.5) is 18.9 Å². The monoisotopic (exact) mass is 289 g/mol. The van der Waals surface area contributed by atoms with E-state index in [4.69, 9.17) is 5.84 Å². The fourth-order valence-corrected chi connectivity index (χ4v) is 1.69. The van der Waals surface area contributed by atoms with E-state index < -0.39 is 17.6 Å². The third-order valence-corrected chi connectivity index (χ3v) is 3.31. The molecule has 0 heterocycles. The molecule has 0 spiro atoms. The number of nitrogens with two attached hydrogens (primary N) is 1. The normalized spacial score (nSPS) is 12.9. The second-order valence-electron chi connectivity index (χ2n) is 4.58. The van der Waals surface area contributed by atoms with Gasteiger partial charge in [0.05, 0.1) is 16.8 Å². The van der Waals surface area contributed by atoms with Gasteiger partial charge in [-0.25, -0.2) is 0 Å². The molecule has 1 aromatic rings. The van der Waals surface area contributed by atoms with Gasteiger partial charge in [0.1, 0.15) is 0 Å². The summed E-state index contributed by atoms with van der Waals surface area (Å²) in [5, 5.41) is 0. The Labute approximate surface area is 115 Å². The number of nitrogens with zero attached hydrogens (tertiary/aromatic N) is 1. The van der Waals surface area contributed by atoms with Gasteiger partial charge in [0.15, 0.2) is 0 Å². The van der Waals surface area contributed by atoms with Crippen molar-refractivity contribution in [3.63, 3.8) is 0 Å². The Balaban J connectivity index is 3.24. The van der Waals surface area contributed by atoms with Gasteiger partial charge in [0.25, 0.3) is 5.91 Å². The van der Waals surface area contributed by atoms with Crippen molar-refractivity contribution in [2.45, 2.75) is 32.5 Å². The van der Waals surface area contributed by atoms with Crippen LogP contribution in [0.1, 0.15) is 36.2 Å².